The van der Waals surface area contributed by atoms with E-state index in [4.69, 9.17) is 0 Å². The highest BCUT2D eigenvalue weighted by molar-refractivity contribution is 5.86. The lowest BCUT2D eigenvalue weighted by Gasteiger charge is -2.48. The fraction of sp³-hybridized carbons (Fsp3) is 0.424. The molecule has 0 bridgehead atoms. The Labute approximate surface area is 216 Å². The first-order chi connectivity index (χ1) is 17.8. The van der Waals surface area contributed by atoms with E-state index in [2.05, 4.69) is 101 Å². The molecule has 1 saturated carbocycles. The fourth-order valence-corrected chi connectivity index (χ4v) is 6.62. The highest BCUT2D eigenvalue weighted by Gasteiger charge is 2.50. The summed E-state index contributed by atoms with van der Waals surface area (Å²) in [5, 5.41) is 3.48. The molecule has 5 rings (SSSR count). The average Bonchev–Trinajstić information content (AvgIpc) is 2.97. The molecule has 1 heterocycles. The summed E-state index contributed by atoms with van der Waals surface area (Å²) in [7, 11) is 0. The number of benzene rings is 3. The van der Waals surface area contributed by atoms with Crippen LogP contribution >= 0.6 is 0 Å². The van der Waals surface area contributed by atoms with Crippen LogP contribution in [0, 0.1) is 5.92 Å². The van der Waals surface area contributed by atoms with Crippen molar-refractivity contribution in [1.82, 2.24) is 10.2 Å². The fourth-order valence-electron chi connectivity index (χ4n) is 6.62. The zero-order valence-electron chi connectivity index (χ0n) is 21.4. The number of nitrogens with zero attached hydrogens (tertiary/aromatic N) is 1. The number of piperidine rings is 1. The Morgan fingerprint density at radius 3 is 1.61 bits per heavy atom. The van der Waals surface area contributed by atoms with Crippen molar-refractivity contribution >= 4 is 5.91 Å². The molecule has 0 radical (unpaired) electrons. The molecule has 1 aliphatic carbocycles. The van der Waals surface area contributed by atoms with Gasteiger partial charge in [0.05, 0.1) is 5.41 Å². The first-order valence-corrected chi connectivity index (χ1v) is 14.0. The molecule has 3 heteroatoms. The van der Waals surface area contributed by atoms with Gasteiger partial charge in [-0.1, -0.05) is 117 Å². The van der Waals surface area contributed by atoms with Crippen LogP contribution in [0.25, 0.3) is 0 Å². The van der Waals surface area contributed by atoms with Gasteiger partial charge in [-0.2, -0.15) is 0 Å². The van der Waals surface area contributed by atoms with Crippen molar-refractivity contribution in [3.63, 3.8) is 0 Å². The molecule has 3 aromatic rings. The third-order valence-electron chi connectivity index (χ3n) is 8.39. The Bertz CT molecular complexity index is 974. The van der Waals surface area contributed by atoms with Gasteiger partial charge >= 0.3 is 0 Å². The van der Waals surface area contributed by atoms with E-state index in [9.17, 15) is 4.79 Å². The Morgan fingerprint density at radius 1 is 0.694 bits per heavy atom. The predicted molar refractivity (Wildman–Crippen MR) is 148 cm³/mol. The third-order valence-corrected chi connectivity index (χ3v) is 8.39. The number of likely N-dealkylation sites (tertiary alicyclic amines) is 1. The second-order valence-electron chi connectivity index (χ2n) is 10.7. The monoisotopic (exact) mass is 480 g/mol. The summed E-state index contributed by atoms with van der Waals surface area (Å²) in [4.78, 5) is 17.0. The van der Waals surface area contributed by atoms with Crippen LogP contribution in [-0.4, -0.2) is 36.5 Å². The molecule has 1 amide bonds. The maximum Gasteiger partial charge on any atom is 0.239 e. The number of rotatable bonds is 8. The highest BCUT2D eigenvalue weighted by Crippen LogP contribution is 2.45. The van der Waals surface area contributed by atoms with E-state index < -0.39 is 5.41 Å². The molecule has 36 heavy (non-hydrogen) atoms. The van der Waals surface area contributed by atoms with Crippen molar-refractivity contribution in [3.05, 3.63) is 108 Å². The second-order valence-corrected chi connectivity index (χ2v) is 10.7. The predicted octanol–water partition coefficient (Wildman–Crippen LogP) is 6.57. The summed E-state index contributed by atoms with van der Waals surface area (Å²) >= 11 is 0. The van der Waals surface area contributed by atoms with Crippen LogP contribution in [0.5, 0.6) is 0 Å². The molecule has 188 valence electrons. The van der Waals surface area contributed by atoms with Gasteiger partial charge in [0.2, 0.25) is 5.91 Å². The van der Waals surface area contributed by atoms with Crippen LogP contribution in [0.15, 0.2) is 91.0 Å². The van der Waals surface area contributed by atoms with Gasteiger partial charge in [0.1, 0.15) is 6.04 Å². The zero-order valence-corrected chi connectivity index (χ0v) is 21.4. The van der Waals surface area contributed by atoms with Gasteiger partial charge in [0.15, 0.2) is 0 Å². The topological polar surface area (TPSA) is 32.3 Å². The molecule has 0 aromatic heterocycles. The molecule has 2 fully saturated rings. The van der Waals surface area contributed by atoms with Crippen LogP contribution in [-0.2, 0) is 10.2 Å². The molecule has 1 N–H and O–H groups in total. The van der Waals surface area contributed by atoms with Crippen molar-refractivity contribution in [3.8, 4) is 0 Å². The Hall–Kier alpha value is -2.91. The summed E-state index contributed by atoms with van der Waals surface area (Å²) in [5.74, 6) is 0.767. The number of hydrogen-bond donors (Lipinski definition) is 1. The Morgan fingerprint density at radius 2 is 1.14 bits per heavy atom. The lowest BCUT2D eigenvalue weighted by atomic mass is 9.63. The lowest BCUT2D eigenvalue weighted by Crippen LogP contribution is -2.60. The summed E-state index contributed by atoms with van der Waals surface area (Å²) in [6.07, 6.45) is 9.89. The van der Waals surface area contributed by atoms with E-state index in [1.165, 1.54) is 55.2 Å². The van der Waals surface area contributed by atoms with E-state index in [-0.39, 0.29) is 11.9 Å². The minimum atomic E-state index is -0.613. The van der Waals surface area contributed by atoms with Gasteiger partial charge in [0, 0.05) is 6.54 Å². The minimum Gasteiger partial charge on any atom is -0.354 e. The molecular weight excluding hydrogens is 440 g/mol. The van der Waals surface area contributed by atoms with E-state index in [1.54, 1.807) is 0 Å². The summed E-state index contributed by atoms with van der Waals surface area (Å²) in [5.41, 5.74) is 2.90. The van der Waals surface area contributed by atoms with Crippen molar-refractivity contribution in [2.24, 2.45) is 5.92 Å². The van der Waals surface area contributed by atoms with Gasteiger partial charge in [-0.25, -0.2) is 0 Å². The first kappa shape index (κ1) is 24.8. The normalized spacial score (nSPS) is 18.4. The van der Waals surface area contributed by atoms with Crippen LogP contribution in [0.2, 0.25) is 0 Å². The number of amides is 1. The lowest BCUT2D eigenvalue weighted by molar-refractivity contribution is -0.128. The minimum absolute atomic E-state index is 0.166. The van der Waals surface area contributed by atoms with E-state index in [0.29, 0.717) is 5.92 Å². The quantitative estimate of drug-likeness (QED) is 0.370. The van der Waals surface area contributed by atoms with Crippen LogP contribution < -0.4 is 5.32 Å². The van der Waals surface area contributed by atoms with Gasteiger partial charge in [-0.05, 0) is 61.4 Å². The molecule has 1 aliphatic heterocycles. The molecule has 2 aliphatic rings. The molecule has 3 nitrogen and oxygen atoms in total. The molecule has 0 spiro atoms. The smallest absolute Gasteiger partial charge is 0.239 e. The summed E-state index contributed by atoms with van der Waals surface area (Å²) in [6, 6.07) is 31.9. The number of carbonyl (C=O) groups excluding carboxylic acids is 1. The van der Waals surface area contributed by atoms with E-state index in [0.717, 1.165) is 32.5 Å². The van der Waals surface area contributed by atoms with Crippen LogP contribution in [0.4, 0.5) is 0 Å². The van der Waals surface area contributed by atoms with Crippen molar-refractivity contribution < 1.29 is 4.79 Å². The SMILES string of the molecule is O=C(NCC1CCCCC1)C(N1CCCCC1)C(c1ccccc1)(c1ccccc1)c1ccccc1. The maximum absolute atomic E-state index is 14.5. The van der Waals surface area contributed by atoms with E-state index in [1.807, 2.05) is 0 Å². The second kappa shape index (κ2) is 11.9. The number of carbonyl (C=O) groups is 1. The van der Waals surface area contributed by atoms with Gasteiger partial charge < -0.3 is 5.32 Å². The van der Waals surface area contributed by atoms with Gasteiger partial charge in [-0.3, -0.25) is 9.69 Å². The largest absolute Gasteiger partial charge is 0.354 e. The maximum atomic E-state index is 14.5. The molecular formula is C33H40N2O. The Balaban J connectivity index is 1.66. The van der Waals surface area contributed by atoms with Crippen LogP contribution in [0.1, 0.15) is 68.1 Å². The summed E-state index contributed by atoms with van der Waals surface area (Å²) in [6.45, 7) is 2.70. The molecule has 1 atom stereocenters. The van der Waals surface area contributed by atoms with Gasteiger partial charge in [0.25, 0.3) is 0 Å². The highest BCUT2D eigenvalue weighted by atomic mass is 16.2. The average molecular weight is 481 g/mol. The standard InChI is InChI=1S/C33H40N2O/c36-32(34-26-27-16-6-1-7-17-27)31(35-24-14-5-15-25-35)33(28-18-8-2-9-19-28,29-20-10-3-11-21-29)30-22-12-4-13-23-30/h2-4,8-13,18-23,27,31H,1,5-7,14-17,24-26H2,(H,34,36). The zero-order chi connectivity index (χ0) is 24.6. The van der Waals surface area contributed by atoms with Crippen molar-refractivity contribution in [2.75, 3.05) is 19.6 Å². The number of nitrogens with one attached hydrogen (secondary N) is 1. The van der Waals surface area contributed by atoms with Gasteiger partial charge in [-0.15, -0.1) is 0 Å². The van der Waals surface area contributed by atoms with E-state index >= 15 is 0 Å². The van der Waals surface area contributed by atoms with Crippen LogP contribution in [0.3, 0.4) is 0 Å². The Kier molecular flexibility index (Phi) is 8.18. The molecule has 3 aromatic carbocycles. The van der Waals surface area contributed by atoms with Crippen molar-refractivity contribution in [2.45, 2.75) is 62.8 Å². The summed E-state index contributed by atoms with van der Waals surface area (Å²) < 4.78 is 0. The molecule has 1 saturated heterocycles. The number of hydrogen-bond acceptors (Lipinski definition) is 2. The third kappa shape index (κ3) is 5.13. The molecule has 1 unspecified atom stereocenters. The van der Waals surface area contributed by atoms with Crippen molar-refractivity contribution in [1.29, 1.82) is 0 Å². The first-order valence-electron chi connectivity index (χ1n) is 14.0.